The lowest BCUT2D eigenvalue weighted by Gasteiger charge is -2.53. The molecule has 0 bridgehead atoms. The van der Waals surface area contributed by atoms with Crippen LogP contribution in [0.15, 0.2) is 30.3 Å². The fourth-order valence-electron chi connectivity index (χ4n) is 3.74. The van der Waals surface area contributed by atoms with Gasteiger partial charge >= 0.3 is 0 Å². The zero-order chi connectivity index (χ0) is 10.4. The molecule has 0 aromatic heterocycles. The van der Waals surface area contributed by atoms with Crippen molar-refractivity contribution in [2.24, 2.45) is 11.1 Å². The lowest BCUT2D eigenvalue weighted by Crippen LogP contribution is -2.54. The van der Waals surface area contributed by atoms with Crippen LogP contribution in [0.2, 0.25) is 0 Å². The molecule has 1 aromatic rings. The average Bonchev–Trinajstić information content (AvgIpc) is 2.67. The van der Waals surface area contributed by atoms with Gasteiger partial charge in [-0.3, -0.25) is 0 Å². The van der Waals surface area contributed by atoms with E-state index in [2.05, 4.69) is 30.3 Å². The first-order valence-electron chi connectivity index (χ1n) is 6.07. The minimum absolute atomic E-state index is 0.00833. The van der Waals surface area contributed by atoms with E-state index >= 15 is 0 Å². The minimum Gasteiger partial charge on any atom is -0.321 e. The summed E-state index contributed by atoms with van der Waals surface area (Å²) in [7, 11) is 0. The van der Waals surface area contributed by atoms with E-state index in [0.29, 0.717) is 5.41 Å². The number of rotatable bonds is 1. The molecule has 0 saturated heterocycles. The summed E-state index contributed by atoms with van der Waals surface area (Å²) in [6.45, 7) is 0. The van der Waals surface area contributed by atoms with Crippen molar-refractivity contribution in [2.75, 3.05) is 0 Å². The van der Waals surface area contributed by atoms with Gasteiger partial charge in [-0.25, -0.2) is 0 Å². The monoisotopic (exact) mass is 201 g/mol. The Morgan fingerprint density at radius 2 is 1.53 bits per heavy atom. The molecular formula is C14H19N. The van der Waals surface area contributed by atoms with E-state index in [1.807, 2.05) is 0 Å². The van der Waals surface area contributed by atoms with Crippen LogP contribution in [0, 0.1) is 5.41 Å². The van der Waals surface area contributed by atoms with Crippen molar-refractivity contribution in [3.63, 3.8) is 0 Å². The normalized spacial score (nSPS) is 26.5. The predicted molar refractivity (Wildman–Crippen MR) is 62.4 cm³/mol. The van der Waals surface area contributed by atoms with Crippen molar-refractivity contribution in [3.8, 4) is 0 Å². The minimum atomic E-state index is -0.00833. The van der Waals surface area contributed by atoms with Crippen LogP contribution in [0.4, 0.5) is 0 Å². The summed E-state index contributed by atoms with van der Waals surface area (Å²) in [5, 5.41) is 0. The SMILES string of the molecule is NC1(c2ccccc2)CC2(CCCC2)C1. The molecule has 0 heterocycles. The van der Waals surface area contributed by atoms with Gasteiger partial charge in [0.1, 0.15) is 0 Å². The molecule has 1 spiro atoms. The molecule has 0 aliphatic heterocycles. The number of nitrogens with two attached hydrogens (primary N) is 1. The summed E-state index contributed by atoms with van der Waals surface area (Å²) < 4.78 is 0. The van der Waals surface area contributed by atoms with Gasteiger partial charge in [-0.1, -0.05) is 43.2 Å². The first-order valence-corrected chi connectivity index (χ1v) is 6.07. The van der Waals surface area contributed by atoms with Crippen molar-refractivity contribution >= 4 is 0 Å². The van der Waals surface area contributed by atoms with E-state index in [1.165, 1.54) is 44.1 Å². The molecule has 80 valence electrons. The van der Waals surface area contributed by atoms with Gasteiger partial charge in [-0.05, 0) is 36.7 Å². The quantitative estimate of drug-likeness (QED) is 0.742. The molecule has 1 aromatic carbocycles. The number of hydrogen-bond donors (Lipinski definition) is 1. The van der Waals surface area contributed by atoms with Gasteiger partial charge in [0.05, 0.1) is 0 Å². The van der Waals surface area contributed by atoms with E-state index in [9.17, 15) is 0 Å². The highest BCUT2D eigenvalue weighted by Crippen LogP contribution is 2.60. The zero-order valence-corrected chi connectivity index (χ0v) is 9.21. The van der Waals surface area contributed by atoms with Crippen molar-refractivity contribution in [3.05, 3.63) is 35.9 Å². The highest BCUT2D eigenvalue weighted by Gasteiger charge is 2.53. The maximum absolute atomic E-state index is 6.48. The molecule has 0 unspecified atom stereocenters. The van der Waals surface area contributed by atoms with E-state index in [1.54, 1.807) is 0 Å². The van der Waals surface area contributed by atoms with Crippen molar-refractivity contribution in [1.29, 1.82) is 0 Å². The summed E-state index contributed by atoms with van der Waals surface area (Å²) >= 11 is 0. The molecule has 2 aliphatic rings. The van der Waals surface area contributed by atoms with Crippen molar-refractivity contribution < 1.29 is 0 Å². The van der Waals surface area contributed by atoms with Crippen LogP contribution in [0.25, 0.3) is 0 Å². The van der Waals surface area contributed by atoms with E-state index in [-0.39, 0.29) is 5.54 Å². The molecule has 0 amide bonds. The molecule has 3 rings (SSSR count). The molecule has 0 radical (unpaired) electrons. The summed E-state index contributed by atoms with van der Waals surface area (Å²) in [6, 6.07) is 10.6. The van der Waals surface area contributed by atoms with Gasteiger partial charge in [0.25, 0.3) is 0 Å². The molecule has 2 fully saturated rings. The first kappa shape index (κ1) is 9.41. The summed E-state index contributed by atoms with van der Waals surface area (Å²) in [5.41, 5.74) is 8.44. The van der Waals surface area contributed by atoms with Gasteiger partial charge in [-0.2, -0.15) is 0 Å². The van der Waals surface area contributed by atoms with Crippen LogP contribution in [-0.2, 0) is 5.54 Å². The van der Waals surface area contributed by atoms with Gasteiger partial charge in [0, 0.05) is 5.54 Å². The Labute approximate surface area is 91.7 Å². The Kier molecular flexibility index (Phi) is 1.93. The van der Waals surface area contributed by atoms with Crippen molar-refractivity contribution in [1.82, 2.24) is 0 Å². The highest BCUT2D eigenvalue weighted by atomic mass is 14.8. The topological polar surface area (TPSA) is 26.0 Å². The third kappa shape index (κ3) is 1.41. The summed E-state index contributed by atoms with van der Waals surface area (Å²) in [6.07, 6.45) is 8.10. The van der Waals surface area contributed by atoms with Crippen LogP contribution in [0.1, 0.15) is 44.1 Å². The molecule has 2 N–H and O–H groups in total. The van der Waals surface area contributed by atoms with Gasteiger partial charge < -0.3 is 5.73 Å². The second-order valence-corrected chi connectivity index (χ2v) is 5.58. The van der Waals surface area contributed by atoms with E-state index in [4.69, 9.17) is 5.73 Å². The summed E-state index contributed by atoms with van der Waals surface area (Å²) in [5.74, 6) is 0. The fourth-order valence-corrected chi connectivity index (χ4v) is 3.74. The Bertz CT molecular complexity index is 341. The number of benzene rings is 1. The van der Waals surface area contributed by atoms with E-state index < -0.39 is 0 Å². The Morgan fingerprint density at radius 3 is 2.13 bits per heavy atom. The number of hydrogen-bond acceptors (Lipinski definition) is 1. The second-order valence-electron chi connectivity index (χ2n) is 5.58. The molecular weight excluding hydrogens is 182 g/mol. The van der Waals surface area contributed by atoms with Gasteiger partial charge in [0.15, 0.2) is 0 Å². The van der Waals surface area contributed by atoms with Crippen LogP contribution >= 0.6 is 0 Å². The molecule has 2 aliphatic carbocycles. The van der Waals surface area contributed by atoms with Crippen LogP contribution in [-0.4, -0.2) is 0 Å². The summed E-state index contributed by atoms with van der Waals surface area (Å²) in [4.78, 5) is 0. The average molecular weight is 201 g/mol. The maximum Gasteiger partial charge on any atom is 0.0420 e. The standard InChI is InChI=1S/C14H19N/c15-14(12-6-2-1-3-7-12)10-13(11-14)8-4-5-9-13/h1-3,6-7H,4-5,8-11,15H2. The van der Waals surface area contributed by atoms with Crippen LogP contribution < -0.4 is 5.73 Å². The lowest BCUT2D eigenvalue weighted by molar-refractivity contribution is 0.0312. The fraction of sp³-hybridized carbons (Fsp3) is 0.571. The molecule has 2 saturated carbocycles. The lowest BCUT2D eigenvalue weighted by atomic mass is 9.55. The van der Waals surface area contributed by atoms with Gasteiger partial charge in [0.2, 0.25) is 0 Å². The molecule has 1 nitrogen and oxygen atoms in total. The zero-order valence-electron chi connectivity index (χ0n) is 9.21. The largest absolute Gasteiger partial charge is 0.321 e. The Balaban J connectivity index is 1.79. The Morgan fingerprint density at radius 1 is 0.933 bits per heavy atom. The Hall–Kier alpha value is -0.820. The second kappa shape index (κ2) is 3.08. The smallest absolute Gasteiger partial charge is 0.0420 e. The molecule has 0 atom stereocenters. The van der Waals surface area contributed by atoms with Crippen molar-refractivity contribution in [2.45, 2.75) is 44.1 Å². The first-order chi connectivity index (χ1) is 7.23. The van der Waals surface area contributed by atoms with Crippen LogP contribution in [0.5, 0.6) is 0 Å². The molecule has 15 heavy (non-hydrogen) atoms. The maximum atomic E-state index is 6.48. The predicted octanol–water partition coefficient (Wildman–Crippen LogP) is 3.19. The third-order valence-corrected chi connectivity index (χ3v) is 4.39. The highest BCUT2D eigenvalue weighted by molar-refractivity contribution is 5.29. The molecule has 1 heteroatoms. The third-order valence-electron chi connectivity index (χ3n) is 4.39. The van der Waals surface area contributed by atoms with Crippen LogP contribution in [0.3, 0.4) is 0 Å². The van der Waals surface area contributed by atoms with Gasteiger partial charge in [-0.15, -0.1) is 0 Å². The van der Waals surface area contributed by atoms with E-state index in [0.717, 1.165) is 0 Å².